The van der Waals surface area contributed by atoms with Crippen molar-refractivity contribution in [2.24, 2.45) is 0 Å². The molecule has 0 unspecified atom stereocenters. The molecule has 1 fully saturated rings. The van der Waals surface area contributed by atoms with Gasteiger partial charge in [0.15, 0.2) is 5.13 Å². The minimum atomic E-state index is 0.0875. The molecular formula is C16H18BrN3OS2. The first-order chi connectivity index (χ1) is 11.1. The molecule has 3 rings (SSSR count). The van der Waals surface area contributed by atoms with E-state index >= 15 is 0 Å². The number of hydrogen-bond acceptors (Lipinski definition) is 5. The predicted molar refractivity (Wildman–Crippen MR) is 101 cm³/mol. The smallest absolute Gasteiger partial charge is 0.246 e. The second kappa shape index (κ2) is 7.59. The lowest BCUT2D eigenvalue weighted by molar-refractivity contribution is -0.125. The van der Waals surface area contributed by atoms with Crippen LogP contribution in [0.3, 0.4) is 0 Å². The third-order valence-corrected chi connectivity index (χ3v) is 6.23. The van der Waals surface area contributed by atoms with Gasteiger partial charge in [-0.3, -0.25) is 4.79 Å². The number of carbonyl (C=O) groups excluding carboxylic acids is 1. The zero-order valence-electron chi connectivity index (χ0n) is 12.9. The molecule has 0 aromatic carbocycles. The summed E-state index contributed by atoms with van der Waals surface area (Å²) in [6, 6.07) is 2.02. The fourth-order valence-corrected chi connectivity index (χ4v) is 4.50. The van der Waals surface area contributed by atoms with Crippen LogP contribution in [-0.2, 0) is 4.79 Å². The van der Waals surface area contributed by atoms with Gasteiger partial charge in [-0.2, -0.15) is 0 Å². The molecule has 0 spiro atoms. The number of carbonyl (C=O) groups is 1. The summed E-state index contributed by atoms with van der Waals surface area (Å²) in [4.78, 5) is 21.1. The van der Waals surface area contributed by atoms with Crippen LogP contribution in [0.5, 0.6) is 0 Å². The van der Waals surface area contributed by atoms with E-state index in [2.05, 4.69) is 31.2 Å². The molecule has 1 aliphatic heterocycles. The average molecular weight is 412 g/mol. The van der Waals surface area contributed by atoms with Gasteiger partial charge in [-0.15, -0.1) is 22.7 Å². The number of aryl methyl sites for hydroxylation is 1. The minimum Gasteiger partial charge on any atom is -0.346 e. The van der Waals surface area contributed by atoms with Crippen molar-refractivity contribution in [3.63, 3.8) is 0 Å². The quantitative estimate of drug-likeness (QED) is 0.715. The maximum absolute atomic E-state index is 12.4. The van der Waals surface area contributed by atoms with Crippen molar-refractivity contribution in [3.05, 3.63) is 37.9 Å². The number of nitrogens with zero attached hydrogens (tertiary/aromatic N) is 3. The fraction of sp³-hybridized carbons (Fsp3) is 0.375. The lowest BCUT2D eigenvalue weighted by Crippen LogP contribution is -2.34. The van der Waals surface area contributed by atoms with Crippen molar-refractivity contribution in [3.8, 4) is 0 Å². The highest BCUT2D eigenvalue weighted by Crippen LogP contribution is 2.22. The Kier molecular flexibility index (Phi) is 5.50. The highest BCUT2D eigenvalue weighted by atomic mass is 79.9. The summed E-state index contributed by atoms with van der Waals surface area (Å²) >= 11 is 6.74. The molecule has 122 valence electrons. The molecule has 1 saturated heterocycles. The van der Waals surface area contributed by atoms with Gasteiger partial charge in [0.1, 0.15) is 0 Å². The topological polar surface area (TPSA) is 36.4 Å². The number of halogens is 1. The summed E-state index contributed by atoms with van der Waals surface area (Å²) in [6.07, 6.45) is 4.54. The molecule has 4 nitrogen and oxygen atoms in total. The van der Waals surface area contributed by atoms with Gasteiger partial charge in [-0.05, 0) is 52.4 Å². The summed E-state index contributed by atoms with van der Waals surface area (Å²) < 4.78 is 1.08. The van der Waals surface area contributed by atoms with E-state index in [4.69, 9.17) is 0 Å². The lowest BCUT2D eigenvalue weighted by Gasteiger charge is -2.20. The van der Waals surface area contributed by atoms with Crippen LogP contribution in [0.1, 0.15) is 17.7 Å². The Labute approximate surface area is 152 Å². The normalized spacial score (nSPS) is 16.1. The molecule has 0 N–H and O–H groups in total. The molecule has 0 aliphatic carbocycles. The Hall–Kier alpha value is -1.18. The number of hydrogen-bond donors (Lipinski definition) is 0. The number of thiophene rings is 1. The van der Waals surface area contributed by atoms with Gasteiger partial charge in [0.2, 0.25) is 5.91 Å². The maximum atomic E-state index is 12.4. The zero-order valence-corrected chi connectivity index (χ0v) is 16.1. The number of aromatic nitrogens is 1. The van der Waals surface area contributed by atoms with Gasteiger partial charge in [-0.25, -0.2) is 4.98 Å². The summed E-state index contributed by atoms with van der Waals surface area (Å²) in [7, 11) is 0. The fourth-order valence-electron chi connectivity index (χ4n) is 2.50. The Balaban J connectivity index is 1.59. The first kappa shape index (κ1) is 16.7. The molecule has 0 atom stereocenters. The molecule has 0 radical (unpaired) electrons. The molecule has 2 aromatic rings. The van der Waals surface area contributed by atoms with E-state index in [9.17, 15) is 4.79 Å². The summed E-state index contributed by atoms with van der Waals surface area (Å²) in [6.45, 7) is 5.36. The molecular weight excluding hydrogens is 394 g/mol. The van der Waals surface area contributed by atoms with Crippen LogP contribution in [0.25, 0.3) is 6.08 Å². The standard InChI is InChI=1S/C16H18BrN3OS2/c1-12-10-23-16(18-12)20-6-2-5-19(7-8-20)15(21)4-3-13-9-14(17)22-11-13/h3-4,9-11H,2,5-8H2,1H3. The highest BCUT2D eigenvalue weighted by Gasteiger charge is 2.19. The second-order valence-corrected chi connectivity index (χ2v) is 8.58. The van der Waals surface area contributed by atoms with Crippen LogP contribution in [0, 0.1) is 6.92 Å². The van der Waals surface area contributed by atoms with E-state index in [-0.39, 0.29) is 5.91 Å². The van der Waals surface area contributed by atoms with Gasteiger partial charge < -0.3 is 9.80 Å². The van der Waals surface area contributed by atoms with Crippen LogP contribution in [0.2, 0.25) is 0 Å². The molecule has 1 aliphatic rings. The molecule has 2 aromatic heterocycles. The highest BCUT2D eigenvalue weighted by molar-refractivity contribution is 9.11. The summed E-state index contributed by atoms with van der Waals surface area (Å²) in [5.74, 6) is 0.0875. The van der Waals surface area contributed by atoms with Crippen LogP contribution in [-0.4, -0.2) is 42.0 Å². The van der Waals surface area contributed by atoms with Crippen molar-refractivity contribution in [2.45, 2.75) is 13.3 Å². The first-order valence-corrected chi connectivity index (χ1v) is 10.0. The van der Waals surface area contributed by atoms with E-state index in [1.54, 1.807) is 28.7 Å². The summed E-state index contributed by atoms with van der Waals surface area (Å²) in [5, 5.41) is 5.17. The number of rotatable bonds is 3. The van der Waals surface area contributed by atoms with Gasteiger partial charge in [0.25, 0.3) is 0 Å². The van der Waals surface area contributed by atoms with Crippen molar-refractivity contribution in [1.29, 1.82) is 0 Å². The van der Waals surface area contributed by atoms with Gasteiger partial charge >= 0.3 is 0 Å². The van der Waals surface area contributed by atoms with Crippen LogP contribution < -0.4 is 4.90 Å². The zero-order chi connectivity index (χ0) is 16.2. The van der Waals surface area contributed by atoms with Gasteiger partial charge in [-0.1, -0.05) is 0 Å². The molecule has 23 heavy (non-hydrogen) atoms. The van der Waals surface area contributed by atoms with E-state index in [1.807, 2.05) is 29.3 Å². The largest absolute Gasteiger partial charge is 0.346 e. The third kappa shape index (κ3) is 4.43. The monoisotopic (exact) mass is 411 g/mol. The predicted octanol–water partition coefficient (Wildman–Crippen LogP) is 4.03. The molecule has 1 amide bonds. The Morgan fingerprint density at radius 1 is 1.26 bits per heavy atom. The van der Waals surface area contributed by atoms with Crippen molar-refractivity contribution in [1.82, 2.24) is 9.88 Å². The molecule has 3 heterocycles. The van der Waals surface area contributed by atoms with E-state index in [0.29, 0.717) is 0 Å². The minimum absolute atomic E-state index is 0.0875. The molecule has 7 heteroatoms. The average Bonchev–Trinajstić information content (AvgIpc) is 3.06. The van der Waals surface area contributed by atoms with E-state index in [0.717, 1.165) is 52.8 Å². The van der Waals surface area contributed by atoms with Gasteiger partial charge in [0, 0.05) is 37.6 Å². The van der Waals surface area contributed by atoms with Crippen LogP contribution >= 0.6 is 38.6 Å². The molecule has 0 bridgehead atoms. The van der Waals surface area contributed by atoms with Crippen LogP contribution in [0.4, 0.5) is 5.13 Å². The second-order valence-electron chi connectivity index (χ2n) is 5.45. The van der Waals surface area contributed by atoms with E-state index < -0.39 is 0 Å². The van der Waals surface area contributed by atoms with Gasteiger partial charge in [0.05, 0.1) is 9.48 Å². The summed E-state index contributed by atoms with van der Waals surface area (Å²) in [5.41, 5.74) is 2.12. The number of anilines is 1. The number of amides is 1. The Bertz CT molecular complexity index is 710. The van der Waals surface area contributed by atoms with Crippen molar-refractivity contribution in [2.75, 3.05) is 31.1 Å². The first-order valence-electron chi connectivity index (χ1n) is 7.50. The maximum Gasteiger partial charge on any atom is 0.246 e. The SMILES string of the molecule is Cc1csc(N2CCCN(C(=O)C=Cc3csc(Br)c3)CC2)n1. The van der Waals surface area contributed by atoms with Crippen molar-refractivity contribution >= 4 is 55.7 Å². The Morgan fingerprint density at radius 3 is 2.83 bits per heavy atom. The Morgan fingerprint density at radius 2 is 2.13 bits per heavy atom. The number of thiazole rings is 1. The van der Waals surface area contributed by atoms with E-state index in [1.165, 1.54) is 0 Å². The lowest BCUT2D eigenvalue weighted by atomic mass is 10.3. The van der Waals surface area contributed by atoms with Crippen LogP contribution in [0.15, 0.2) is 26.7 Å². The third-order valence-electron chi connectivity index (χ3n) is 3.69. The van der Waals surface area contributed by atoms with Crippen molar-refractivity contribution < 1.29 is 4.79 Å². The molecule has 0 saturated carbocycles.